The lowest BCUT2D eigenvalue weighted by atomic mass is 9.55. The highest BCUT2D eigenvalue weighted by Gasteiger charge is 2.65. The van der Waals surface area contributed by atoms with E-state index < -0.39 is 34.6 Å². The first-order valence-electron chi connectivity index (χ1n) is 23.1. The standard InChI is InChI=1S/C52H60FN3O10S/c1-3-28-64-52-48(55(51(59)62-4-2)34-36-16-20-39(53)21-17-36)33-46(54-65-35-37-18-22-40(23-19-37)56(60)61)44-31-38(12-8-10-26-57)43(15-9-11-27-58)49(50(44)52)45-32-41(24-25-47(45)66-52)63-29-30-67-42-13-6-5-7-14-42/h3,5-7,13-14,16-25,31-32,38,43,48-50,57-58H,1,4,8-12,15,26-30,33-35H2,2H3. The van der Waals surface area contributed by atoms with Crippen molar-refractivity contribution in [1.29, 1.82) is 0 Å². The summed E-state index contributed by atoms with van der Waals surface area (Å²) in [5, 5.41) is 36.2. The second-order valence-electron chi connectivity index (χ2n) is 16.9. The van der Waals surface area contributed by atoms with Crippen molar-refractivity contribution in [2.24, 2.45) is 22.9 Å². The molecule has 6 unspecified atom stereocenters. The Kier molecular flexibility index (Phi) is 17.5. The van der Waals surface area contributed by atoms with Crippen LogP contribution in [0, 0.1) is 33.7 Å². The van der Waals surface area contributed by atoms with Gasteiger partial charge in [0, 0.05) is 60.4 Å². The highest BCUT2D eigenvalue weighted by molar-refractivity contribution is 7.99. The van der Waals surface area contributed by atoms with Crippen LogP contribution in [0.25, 0.3) is 0 Å². The molecule has 0 spiro atoms. The number of hydrogen-bond acceptors (Lipinski definition) is 12. The molecule has 3 aliphatic rings. The van der Waals surface area contributed by atoms with Gasteiger partial charge in [-0.05, 0) is 116 Å². The molecule has 0 saturated heterocycles. The topological polar surface area (TPSA) is 162 Å². The Morgan fingerprint density at radius 3 is 2.43 bits per heavy atom. The van der Waals surface area contributed by atoms with Crippen molar-refractivity contribution < 1.29 is 48.1 Å². The van der Waals surface area contributed by atoms with Gasteiger partial charge in [-0.1, -0.05) is 60.5 Å². The summed E-state index contributed by atoms with van der Waals surface area (Å²) in [5.74, 6) is -0.916. The van der Waals surface area contributed by atoms with Crippen LogP contribution in [0.3, 0.4) is 0 Å². The van der Waals surface area contributed by atoms with E-state index in [1.54, 1.807) is 53.9 Å². The van der Waals surface area contributed by atoms with Crippen molar-refractivity contribution in [2.45, 2.75) is 87.7 Å². The number of carbonyl (C=O) groups excluding carboxylic acids is 1. The Balaban J connectivity index is 1.39. The summed E-state index contributed by atoms with van der Waals surface area (Å²) in [6, 6.07) is 27.2. The molecule has 2 aliphatic carbocycles. The zero-order valence-electron chi connectivity index (χ0n) is 37.9. The number of unbranched alkanes of at least 4 members (excludes halogenated alkanes) is 2. The number of halogens is 1. The summed E-state index contributed by atoms with van der Waals surface area (Å²) in [5.41, 5.74) is 3.58. The first kappa shape index (κ1) is 49.2. The lowest BCUT2D eigenvalue weighted by Gasteiger charge is -2.59. The molecule has 1 saturated carbocycles. The minimum absolute atomic E-state index is 0.00630. The van der Waals surface area contributed by atoms with Gasteiger partial charge in [-0.3, -0.25) is 15.0 Å². The number of nitro benzene ring substituents is 1. The lowest BCUT2D eigenvalue weighted by Crippen LogP contribution is -2.70. The minimum atomic E-state index is -1.55. The number of hydrogen-bond donors (Lipinski definition) is 2. The number of non-ortho nitro benzene ring substituents is 1. The molecule has 1 aliphatic heterocycles. The van der Waals surface area contributed by atoms with Crippen LogP contribution >= 0.6 is 11.8 Å². The molecular weight excluding hydrogens is 878 g/mol. The third kappa shape index (κ3) is 11.9. The van der Waals surface area contributed by atoms with Crippen LogP contribution in [0.15, 0.2) is 131 Å². The molecule has 0 aromatic heterocycles. The molecule has 15 heteroatoms. The summed E-state index contributed by atoms with van der Waals surface area (Å²) in [6.45, 7) is 6.48. The smallest absolute Gasteiger partial charge is 0.410 e. The zero-order chi connectivity index (χ0) is 47.2. The summed E-state index contributed by atoms with van der Waals surface area (Å²) in [7, 11) is 0. The van der Waals surface area contributed by atoms with Crippen LogP contribution in [0.4, 0.5) is 14.9 Å². The number of carbonyl (C=O) groups is 1. The molecule has 4 aromatic rings. The van der Waals surface area contributed by atoms with Crippen LogP contribution in [0.2, 0.25) is 0 Å². The maximum Gasteiger partial charge on any atom is 0.410 e. The number of ether oxygens (including phenoxy) is 4. The molecule has 1 heterocycles. The number of nitrogens with zero attached hydrogens (tertiary/aromatic N) is 3. The number of oxime groups is 1. The monoisotopic (exact) mass is 937 g/mol. The Bertz CT molecular complexity index is 2330. The second kappa shape index (κ2) is 23.8. The first-order valence-corrected chi connectivity index (χ1v) is 24.1. The fourth-order valence-corrected chi connectivity index (χ4v) is 10.5. The summed E-state index contributed by atoms with van der Waals surface area (Å²) in [6.07, 6.45) is 7.63. The molecule has 13 nitrogen and oxygen atoms in total. The molecule has 1 amide bonds. The lowest BCUT2D eigenvalue weighted by molar-refractivity contribution is -0.384. The molecule has 356 valence electrons. The van der Waals surface area contributed by atoms with Gasteiger partial charge in [0.15, 0.2) is 0 Å². The Morgan fingerprint density at radius 1 is 1.00 bits per heavy atom. The number of fused-ring (bicyclic) bond motifs is 2. The highest BCUT2D eigenvalue weighted by atomic mass is 32.2. The molecule has 4 aromatic carbocycles. The number of aliphatic hydroxyl groups is 2. The van der Waals surface area contributed by atoms with Crippen molar-refractivity contribution in [3.8, 4) is 11.5 Å². The number of nitro groups is 1. The van der Waals surface area contributed by atoms with Gasteiger partial charge in [0.05, 0.1) is 36.4 Å². The van der Waals surface area contributed by atoms with Crippen LogP contribution in [0.5, 0.6) is 11.5 Å². The van der Waals surface area contributed by atoms with Crippen LogP contribution < -0.4 is 9.47 Å². The third-order valence-corrected chi connectivity index (χ3v) is 13.7. The summed E-state index contributed by atoms with van der Waals surface area (Å²) in [4.78, 5) is 34.3. The number of rotatable bonds is 24. The fraction of sp³-hybridized carbons (Fsp3) is 0.423. The van der Waals surface area contributed by atoms with Gasteiger partial charge in [0.1, 0.15) is 30.0 Å². The van der Waals surface area contributed by atoms with Crippen LogP contribution in [-0.4, -0.2) is 82.5 Å². The Hall–Kier alpha value is -5.74. The van der Waals surface area contributed by atoms with Crippen molar-refractivity contribution in [1.82, 2.24) is 4.90 Å². The average molecular weight is 938 g/mol. The number of benzene rings is 4. The zero-order valence-corrected chi connectivity index (χ0v) is 38.7. The van der Waals surface area contributed by atoms with E-state index in [0.717, 1.165) is 47.5 Å². The molecule has 6 atom stereocenters. The molecule has 0 radical (unpaired) electrons. The van der Waals surface area contributed by atoms with Gasteiger partial charge >= 0.3 is 6.09 Å². The predicted molar refractivity (Wildman–Crippen MR) is 254 cm³/mol. The van der Waals surface area contributed by atoms with Gasteiger partial charge in [-0.25, -0.2) is 9.18 Å². The van der Waals surface area contributed by atoms with Crippen molar-refractivity contribution >= 4 is 29.3 Å². The number of allylic oxidation sites excluding steroid dienone is 1. The van der Waals surface area contributed by atoms with Gasteiger partial charge in [-0.2, -0.15) is 0 Å². The third-order valence-electron chi connectivity index (χ3n) is 12.7. The second-order valence-corrected chi connectivity index (χ2v) is 18.1. The highest BCUT2D eigenvalue weighted by Crippen LogP contribution is 2.62. The fourth-order valence-electron chi connectivity index (χ4n) is 9.77. The number of amides is 1. The van der Waals surface area contributed by atoms with Gasteiger partial charge in [-0.15, -0.1) is 18.3 Å². The van der Waals surface area contributed by atoms with Crippen LogP contribution in [0.1, 0.15) is 74.5 Å². The number of aliphatic hydroxyl groups excluding tert-OH is 2. The van der Waals surface area contributed by atoms with E-state index in [9.17, 15) is 29.5 Å². The molecular formula is C52H60FN3O10S. The average Bonchev–Trinajstić information content (AvgIpc) is 3.34. The van der Waals surface area contributed by atoms with Crippen molar-refractivity contribution in [2.75, 3.05) is 38.8 Å². The van der Waals surface area contributed by atoms with E-state index in [-0.39, 0.29) is 69.4 Å². The predicted octanol–water partition coefficient (Wildman–Crippen LogP) is 10.4. The van der Waals surface area contributed by atoms with Gasteiger partial charge < -0.3 is 34.0 Å². The van der Waals surface area contributed by atoms with E-state index in [2.05, 4.69) is 30.9 Å². The molecule has 67 heavy (non-hydrogen) atoms. The maximum atomic E-state index is 14.5. The molecule has 1 fully saturated rings. The summed E-state index contributed by atoms with van der Waals surface area (Å²) < 4.78 is 40.9. The first-order chi connectivity index (χ1) is 32.7. The normalized spacial score (nSPS) is 22.1. The Labute approximate surface area is 395 Å². The van der Waals surface area contributed by atoms with Gasteiger partial charge in [0.2, 0.25) is 5.79 Å². The molecule has 0 bridgehead atoms. The van der Waals surface area contributed by atoms with Gasteiger partial charge in [0.25, 0.3) is 5.69 Å². The van der Waals surface area contributed by atoms with Crippen molar-refractivity contribution in [3.63, 3.8) is 0 Å². The summed E-state index contributed by atoms with van der Waals surface area (Å²) >= 11 is 1.71. The molecule has 7 rings (SSSR count). The quantitative estimate of drug-likeness (QED) is 0.0226. The molecule has 2 N–H and O–H groups in total. The maximum absolute atomic E-state index is 14.5. The SMILES string of the molecule is C=CCOC12Oc3ccc(OCCSc4ccccc4)cc3C3C(CCCCO)C(CCCCO)C=C(C(=NOCc4ccc([N+](=O)[O-])cc4)CC1N(Cc1ccc(F)cc1)C(=O)OCC)C32. The van der Waals surface area contributed by atoms with E-state index >= 15 is 0 Å². The largest absolute Gasteiger partial charge is 0.493 e. The Morgan fingerprint density at radius 2 is 1.73 bits per heavy atom. The minimum Gasteiger partial charge on any atom is -0.493 e. The van der Waals surface area contributed by atoms with E-state index in [0.29, 0.717) is 47.8 Å². The van der Waals surface area contributed by atoms with Crippen molar-refractivity contribution in [3.05, 3.63) is 154 Å². The van der Waals surface area contributed by atoms with E-state index in [4.69, 9.17) is 28.9 Å². The van der Waals surface area contributed by atoms with E-state index in [1.165, 1.54) is 24.3 Å². The van der Waals surface area contributed by atoms with E-state index in [1.807, 2.05) is 30.3 Å². The number of thioether (sulfide) groups is 1. The van der Waals surface area contributed by atoms with Crippen LogP contribution in [-0.2, 0) is 27.5 Å².